The third kappa shape index (κ3) is 3.70. The largest absolute Gasteiger partial charge is 0.492 e. The summed E-state index contributed by atoms with van der Waals surface area (Å²) < 4.78 is 5.71. The third-order valence-corrected chi connectivity index (χ3v) is 3.02. The van der Waals surface area contributed by atoms with E-state index < -0.39 is 0 Å². The first-order valence-electron chi connectivity index (χ1n) is 6.15. The molecule has 94 valence electrons. The lowest BCUT2D eigenvalue weighted by molar-refractivity contribution is 0.188. The SMILES string of the molecule is OCc1ccccc1OCCN1CCNCC1. The summed E-state index contributed by atoms with van der Waals surface area (Å²) in [6.45, 7) is 5.96. The molecule has 4 heteroatoms. The first kappa shape index (κ1) is 12.4. The first-order valence-corrected chi connectivity index (χ1v) is 6.15. The Morgan fingerprint density at radius 2 is 2.00 bits per heavy atom. The summed E-state index contributed by atoms with van der Waals surface area (Å²) in [4.78, 5) is 2.39. The number of hydrogen-bond donors (Lipinski definition) is 2. The molecule has 0 radical (unpaired) electrons. The van der Waals surface area contributed by atoms with E-state index in [4.69, 9.17) is 9.84 Å². The van der Waals surface area contributed by atoms with Gasteiger partial charge in [-0.2, -0.15) is 0 Å². The highest BCUT2D eigenvalue weighted by atomic mass is 16.5. The summed E-state index contributed by atoms with van der Waals surface area (Å²) >= 11 is 0. The van der Waals surface area contributed by atoms with Crippen molar-refractivity contribution in [2.24, 2.45) is 0 Å². The summed E-state index contributed by atoms with van der Waals surface area (Å²) in [6.07, 6.45) is 0. The average Bonchev–Trinajstić information content (AvgIpc) is 2.40. The Kier molecular flexibility index (Phi) is 4.79. The number of nitrogens with zero attached hydrogens (tertiary/aromatic N) is 1. The Labute approximate surface area is 102 Å². The zero-order chi connectivity index (χ0) is 11.9. The number of benzene rings is 1. The molecule has 0 aliphatic carbocycles. The zero-order valence-corrected chi connectivity index (χ0v) is 10.1. The lowest BCUT2D eigenvalue weighted by Gasteiger charge is -2.27. The van der Waals surface area contributed by atoms with Gasteiger partial charge in [0, 0.05) is 38.3 Å². The number of rotatable bonds is 5. The van der Waals surface area contributed by atoms with E-state index in [-0.39, 0.29) is 6.61 Å². The second kappa shape index (κ2) is 6.59. The van der Waals surface area contributed by atoms with E-state index in [9.17, 15) is 0 Å². The normalized spacial score (nSPS) is 17.0. The van der Waals surface area contributed by atoms with Crippen LogP contribution in [0.25, 0.3) is 0 Å². The number of aliphatic hydroxyl groups excluding tert-OH is 1. The molecule has 0 saturated carbocycles. The number of ether oxygens (including phenoxy) is 1. The molecule has 2 rings (SSSR count). The van der Waals surface area contributed by atoms with Crippen LogP contribution in [0.4, 0.5) is 0 Å². The van der Waals surface area contributed by atoms with Gasteiger partial charge in [0.05, 0.1) is 6.61 Å². The maximum atomic E-state index is 9.17. The second-order valence-electron chi connectivity index (χ2n) is 4.21. The second-order valence-corrected chi connectivity index (χ2v) is 4.21. The van der Waals surface area contributed by atoms with Gasteiger partial charge in [0.15, 0.2) is 0 Å². The van der Waals surface area contributed by atoms with Gasteiger partial charge >= 0.3 is 0 Å². The van der Waals surface area contributed by atoms with Crippen LogP contribution in [0.3, 0.4) is 0 Å². The quantitative estimate of drug-likeness (QED) is 0.780. The van der Waals surface area contributed by atoms with Gasteiger partial charge in [-0.25, -0.2) is 0 Å². The Morgan fingerprint density at radius 1 is 1.24 bits per heavy atom. The first-order chi connectivity index (χ1) is 8.40. The Balaban J connectivity index is 1.77. The van der Waals surface area contributed by atoms with Crippen LogP contribution in [0.5, 0.6) is 5.75 Å². The maximum absolute atomic E-state index is 9.17. The van der Waals surface area contributed by atoms with Crippen LogP contribution in [-0.2, 0) is 6.61 Å². The molecule has 1 aliphatic heterocycles. The Bertz CT molecular complexity index is 338. The van der Waals surface area contributed by atoms with Crippen LogP contribution < -0.4 is 10.1 Å². The lowest BCUT2D eigenvalue weighted by atomic mass is 10.2. The van der Waals surface area contributed by atoms with Crippen LogP contribution in [0.1, 0.15) is 5.56 Å². The minimum atomic E-state index is 0.0316. The lowest BCUT2D eigenvalue weighted by Crippen LogP contribution is -2.44. The molecular formula is C13H20N2O2. The Morgan fingerprint density at radius 3 is 2.76 bits per heavy atom. The van der Waals surface area contributed by atoms with Crippen LogP contribution in [-0.4, -0.2) is 49.3 Å². The molecule has 4 nitrogen and oxygen atoms in total. The fraction of sp³-hybridized carbons (Fsp3) is 0.538. The van der Waals surface area contributed by atoms with Gasteiger partial charge in [-0.05, 0) is 6.07 Å². The highest BCUT2D eigenvalue weighted by molar-refractivity contribution is 5.32. The highest BCUT2D eigenvalue weighted by Gasteiger charge is 2.09. The predicted molar refractivity (Wildman–Crippen MR) is 67.2 cm³/mol. The molecule has 0 unspecified atom stereocenters. The molecule has 1 aromatic carbocycles. The standard InChI is InChI=1S/C13H20N2O2/c16-11-12-3-1-2-4-13(12)17-10-9-15-7-5-14-6-8-15/h1-4,14,16H,5-11H2. The topological polar surface area (TPSA) is 44.7 Å². The van der Waals surface area contributed by atoms with Gasteiger partial charge in [-0.1, -0.05) is 18.2 Å². The summed E-state index contributed by atoms with van der Waals surface area (Å²) in [5.74, 6) is 0.796. The smallest absolute Gasteiger partial charge is 0.124 e. The molecule has 1 saturated heterocycles. The van der Waals surface area contributed by atoms with Crippen molar-refractivity contribution in [2.75, 3.05) is 39.3 Å². The Hall–Kier alpha value is -1.10. The van der Waals surface area contributed by atoms with Gasteiger partial charge in [0.1, 0.15) is 12.4 Å². The minimum Gasteiger partial charge on any atom is -0.492 e. The van der Waals surface area contributed by atoms with Crippen molar-refractivity contribution in [3.8, 4) is 5.75 Å². The summed E-state index contributed by atoms with van der Waals surface area (Å²) in [7, 11) is 0. The summed E-state index contributed by atoms with van der Waals surface area (Å²) in [6, 6.07) is 7.64. The average molecular weight is 236 g/mol. The zero-order valence-electron chi connectivity index (χ0n) is 10.1. The molecule has 17 heavy (non-hydrogen) atoms. The molecule has 1 heterocycles. The van der Waals surface area contributed by atoms with E-state index in [1.54, 1.807) is 0 Å². The van der Waals surface area contributed by atoms with Gasteiger partial charge in [0.25, 0.3) is 0 Å². The summed E-state index contributed by atoms with van der Waals surface area (Å²) in [5, 5.41) is 12.5. The molecule has 0 atom stereocenters. The molecule has 0 aromatic heterocycles. The number of nitrogens with one attached hydrogen (secondary N) is 1. The van der Waals surface area contributed by atoms with E-state index in [0.29, 0.717) is 6.61 Å². The molecule has 1 fully saturated rings. The van der Waals surface area contributed by atoms with Crippen molar-refractivity contribution >= 4 is 0 Å². The van der Waals surface area contributed by atoms with Crippen molar-refractivity contribution in [3.63, 3.8) is 0 Å². The number of piperazine rings is 1. The molecular weight excluding hydrogens is 216 g/mol. The van der Waals surface area contributed by atoms with Crippen LogP contribution in [0.2, 0.25) is 0 Å². The fourth-order valence-electron chi connectivity index (χ4n) is 1.99. The van der Waals surface area contributed by atoms with Crippen molar-refractivity contribution in [2.45, 2.75) is 6.61 Å². The van der Waals surface area contributed by atoms with Gasteiger partial charge < -0.3 is 15.2 Å². The number of hydrogen-bond acceptors (Lipinski definition) is 4. The molecule has 2 N–H and O–H groups in total. The monoisotopic (exact) mass is 236 g/mol. The van der Waals surface area contributed by atoms with E-state index in [1.807, 2.05) is 24.3 Å². The van der Waals surface area contributed by atoms with Crippen LogP contribution >= 0.6 is 0 Å². The molecule has 0 amide bonds. The van der Waals surface area contributed by atoms with Gasteiger partial charge in [-0.15, -0.1) is 0 Å². The van der Waals surface area contributed by atoms with E-state index in [1.165, 1.54) is 0 Å². The summed E-state index contributed by atoms with van der Waals surface area (Å²) in [5.41, 5.74) is 0.854. The van der Waals surface area contributed by atoms with Crippen molar-refractivity contribution in [3.05, 3.63) is 29.8 Å². The number of aliphatic hydroxyl groups is 1. The minimum absolute atomic E-state index is 0.0316. The van der Waals surface area contributed by atoms with Crippen LogP contribution in [0.15, 0.2) is 24.3 Å². The van der Waals surface area contributed by atoms with Gasteiger partial charge in [-0.3, -0.25) is 4.90 Å². The molecule has 0 bridgehead atoms. The molecule has 1 aliphatic rings. The van der Waals surface area contributed by atoms with Crippen molar-refractivity contribution in [1.29, 1.82) is 0 Å². The predicted octanol–water partition coefficient (Wildman–Crippen LogP) is 0.463. The van der Waals surface area contributed by atoms with E-state index in [2.05, 4.69) is 10.2 Å². The van der Waals surface area contributed by atoms with Gasteiger partial charge in [0.2, 0.25) is 0 Å². The van der Waals surface area contributed by atoms with E-state index in [0.717, 1.165) is 44.0 Å². The highest BCUT2D eigenvalue weighted by Crippen LogP contribution is 2.17. The molecule has 1 aromatic rings. The third-order valence-electron chi connectivity index (χ3n) is 3.02. The fourth-order valence-corrected chi connectivity index (χ4v) is 1.99. The van der Waals surface area contributed by atoms with E-state index >= 15 is 0 Å². The molecule has 0 spiro atoms. The number of para-hydroxylation sites is 1. The van der Waals surface area contributed by atoms with Crippen LogP contribution in [0, 0.1) is 0 Å². The maximum Gasteiger partial charge on any atom is 0.124 e. The van der Waals surface area contributed by atoms with Crippen molar-refractivity contribution < 1.29 is 9.84 Å². The van der Waals surface area contributed by atoms with Crippen molar-refractivity contribution in [1.82, 2.24) is 10.2 Å².